The van der Waals surface area contributed by atoms with Crippen molar-refractivity contribution < 1.29 is 15.0 Å². The molecule has 1 heterocycles. The Kier molecular flexibility index (Phi) is 5.01. The number of aliphatic hydroxyl groups is 2. The fraction of sp³-hybridized carbons (Fsp3) is 0.588. The van der Waals surface area contributed by atoms with Crippen LogP contribution in [0.15, 0.2) is 24.3 Å². The first-order valence-corrected chi connectivity index (χ1v) is 7.82. The minimum atomic E-state index is -1.59. The zero-order valence-electron chi connectivity index (χ0n) is 12.9. The van der Waals surface area contributed by atoms with Crippen molar-refractivity contribution in [2.45, 2.75) is 57.7 Å². The predicted octanol–water partition coefficient (Wildman–Crippen LogP) is 2.57. The van der Waals surface area contributed by atoms with Gasteiger partial charge in [-0.1, -0.05) is 44.4 Å². The van der Waals surface area contributed by atoms with Crippen molar-refractivity contribution in [2.75, 3.05) is 11.4 Å². The number of anilines is 1. The molecule has 21 heavy (non-hydrogen) atoms. The zero-order valence-corrected chi connectivity index (χ0v) is 12.9. The van der Waals surface area contributed by atoms with Gasteiger partial charge in [0.15, 0.2) is 5.60 Å². The van der Waals surface area contributed by atoms with Crippen LogP contribution in [0.1, 0.15) is 51.5 Å². The maximum absolute atomic E-state index is 12.6. The molecule has 2 N–H and O–H groups in total. The molecule has 1 aromatic carbocycles. The summed E-state index contributed by atoms with van der Waals surface area (Å²) in [6.45, 7) is 4.37. The van der Waals surface area contributed by atoms with Gasteiger partial charge in [0.1, 0.15) is 0 Å². The number of amides is 1. The molecule has 0 spiro atoms. The van der Waals surface area contributed by atoms with Crippen LogP contribution in [0.25, 0.3) is 0 Å². The average molecular weight is 291 g/mol. The van der Waals surface area contributed by atoms with E-state index in [0.29, 0.717) is 12.1 Å². The molecule has 2 atom stereocenters. The lowest BCUT2D eigenvalue weighted by atomic mass is 9.90. The highest BCUT2D eigenvalue weighted by Gasteiger charge is 2.49. The molecule has 0 aromatic heterocycles. The minimum Gasteiger partial charge on any atom is -0.393 e. The molecule has 0 unspecified atom stereocenters. The highest BCUT2D eigenvalue weighted by molar-refractivity contribution is 6.06. The molecule has 1 aromatic rings. The number of fused-ring (bicyclic) bond motifs is 1. The molecule has 0 saturated carbocycles. The minimum absolute atomic E-state index is 0.0360. The molecule has 4 nitrogen and oxygen atoms in total. The quantitative estimate of drug-likeness (QED) is 0.759. The van der Waals surface area contributed by atoms with Gasteiger partial charge in [-0.3, -0.25) is 4.79 Å². The second-order valence-corrected chi connectivity index (χ2v) is 5.95. The number of carbonyl (C=O) groups is 1. The number of hydrogen-bond donors (Lipinski definition) is 2. The van der Waals surface area contributed by atoms with Crippen molar-refractivity contribution in [3.8, 4) is 0 Å². The summed E-state index contributed by atoms with van der Waals surface area (Å²) in [4.78, 5) is 14.3. The number of unbranched alkanes of at least 4 members (excludes halogenated alkanes) is 3. The molecule has 1 aliphatic rings. The van der Waals surface area contributed by atoms with E-state index in [0.717, 1.165) is 31.4 Å². The first kappa shape index (κ1) is 16.0. The molecule has 1 amide bonds. The Morgan fingerprint density at radius 1 is 1.24 bits per heavy atom. The lowest BCUT2D eigenvalue weighted by molar-refractivity contribution is -0.139. The molecule has 0 fully saturated rings. The Balaban J connectivity index is 2.22. The number of hydrogen-bond acceptors (Lipinski definition) is 3. The first-order chi connectivity index (χ1) is 10.0. The third kappa shape index (κ3) is 3.11. The molecule has 0 bridgehead atoms. The fourth-order valence-electron chi connectivity index (χ4n) is 3.05. The molecule has 116 valence electrons. The number of carbonyl (C=O) groups excluding carboxylic acids is 1. The number of rotatable bonds is 7. The first-order valence-electron chi connectivity index (χ1n) is 7.82. The van der Waals surface area contributed by atoms with Crippen LogP contribution in [0.2, 0.25) is 0 Å². The van der Waals surface area contributed by atoms with Gasteiger partial charge >= 0.3 is 0 Å². The smallest absolute Gasteiger partial charge is 0.263 e. The predicted molar refractivity (Wildman–Crippen MR) is 83.1 cm³/mol. The van der Waals surface area contributed by atoms with Crippen LogP contribution in [0.4, 0.5) is 5.69 Å². The number of nitrogens with zero attached hydrogens (tertiary/aromatic N) is 1. The van der Waals surface area contributed by atoms with Crippen molar-refractivity contribution in [2.24, 2.45) is 0 Å². The summed E-state index contributed by atoms with van der Waals surface area (Å²) < 4.78 is 0. The standard InChI is InChI=1S/C17H25NO3/c1-3-4-5-8-11-18-15-10-7-6-9-14(15)17(21,16(18)20)12-13(2)19/h6-7,9-10,13,19,21H,3-5,8,11-12H2,1-2H3/t13-,17-/m1/s1. The topological polar surface area (TPSA) is 60.8 Å². The van der Waals surface area contributed by atoms with Crippen LogP contribution in [0.5, 0.6) is 0 Å². The van der Waals surface area contributed by atoms with Gasteiger partial charge in [-0.2, -0.15) is 0 Å². The van der Waals surface area contributed by atoms with E-state index in [2.05, 4.69) is 6.92 Å². The molecular formula is C17H25NO3. The van der Waals surface area contributed by atoms with Crippen molar-refractivity contribution >= 4 is 11.6 Å². The fourth-order valence-corrected chi connectivity index (χ4v) is 3.05. The second-order valence-electron chi connectivity index (χ2n) is 5.95. The Morgan fingerprint density at radius 3 is 2.62 bits per heavy atom. The lowest BCUT2D eigenvalue weighted by Crippen LogP contribution is -2.42. The van der Waals surface area contributed by atoms with Crippen LogP contribution in [-0.2, 0) is 10.4 Å². The third-order valence-corrected chi connectivity index (χ3v) is 4.07. The zero-order chi connectivity index (χ0) is 15.5. The Hall–Kier alpha value is -1.39. The van der Waals surface area contributed by atoms with E-state index in [-0.39, 0.29) is 12.3 Å². The van der Waals surface area contributed by atoms with Crippen molar-refractivity contribution in [3.05, 3.63) is 29.8 Å². The van der Waals surface area contributed by atoms with Gasteiger partial charge in [0.25, 0.3) is 5.91 Å². The normalized spacial score (nSPS) is 22.5. The summed E-state index contributed by atoms with van der Waals surface area (Å²) in [5.41, 5.74) is -0.191. The number of para-hydroxylation sites is 1. The second kappa shape index (κ2) is 6.58. The van der Waals surface area contributed by atoms with Gasteiger partial charge in [-0.15, -0.1) is 0 Å². The Labute approximate surface area is 126 Å². The monoisotopic (exact) mass is 291 g/mol. The maximum Gasteiger partial charge on any atom is 0.263 e. The molecule has 4 heteroatoms. The van der Waals surface area contributed by atoms with E-state index in [4.69, 9.17) is 0 Å². The number of aliphatic hydroxyl groups excluding tert-OH is 1. The van der Waals surface area contributed by atoms with Gasteiger partial charge in [0.05, 0.1) is 11.8 Å². The van der Waals surface area contributed by atoms with Crippen LogP contribution >= 0.6 is 0 Å². The van der Waals surface area contributed by atoms with E-state index in [1.807, 2.05) is 18.2 Å². The number of benzene rings is 1. The van der Waals surface area contributed by atoms with Crippen molar-refractivity contribution in [1.82, 2.24) is 0 Å². The van der Waals surface area contributed by atoms with E-state index in [1.54, 1.807) is 17.9 Å². The largest absolute Gasteiger partial charge is 0.393 e. The Bertz CT molecular complexity index is 501. The van der Waals surface area contributed by atoms with E-state index in [9.17, 15) is 15.0 Å². The highest BCUT2D eigenvalue weighted by Crippen LogP contribution is 2.42. The molecule has 0 aliphatic carbocycles. The van der Waals surface area contributed by atoms with Crippen molar-refractivity contribution in [3.63, 3.8) is 0 Å². The summed E-state index contributed by atoms with van der Waals surface area (Å²) in [6.07, 6.45) is 3.62. The summed E-state index contributed by atoms with van der Waals surface area (Å²) in [7, 11) is 0. The maximum atomic E-state index is 12.6. The molecular weight excluding hydrogens is 266 g/mol. The Morgan fingerprint density at radius 2 is 1.95 bits per heavy atom. The average Bonchev–Trinajstić information content (AvgIpc) is 2.65. The van der Waals surface area contributed by atoms with Gasteiger partial charge in [0.2, 0.25) is 0 Å². The van der Waals surface area contributed by atoms with Gasteiger partial charge < -0.3 is 15.1 Å². The third-order valence-electron chi connectivity index (χ3n) is 4.07. The highest BCUT2D eigenvalue weighted by atomic mass is 16.3. The summed E-state index contributed by atoms with van der Waals surface area (Å²) in [5, 5.41) is 20.4. The van der Waals surface area contributed by atoms with Crippen LogP contribution in [-0.4, -0.2) is 28.8 Å². The summed E-state index contributed by atoms with van der Waals surface area (Å²) >= 11 is 0. The van der Waals surface area contributed by atoms with Crippen LogP contribution in [0, 0.1) is 0 Å². The SMILES string of the molecule is CCCCCCN1C(=O)[C@@](O)(C[C@@H](C)O)c2ccccc21. The summed E-state index contributed by atoms with van der Waals surface area (Å²) in [6, 6.07) is 7.34. The van der Waals surface area contributed by atoms with Crippen LogP contribution < -0.4 is 4.90 Å². The summed E-state index contributed by atoms with van der Waals surface area (Å²) in [5.74, 6) is -0.305. The van der Waals surface area contributed by atoms with Gasteiger partial charge in [0, 0.05) is 18.5 Å². The van der Waals surface area contributed by atoms with E-state index < -0.39 is 11.7 Å². The van der Waals surface area contributed by atoms with Gasteiger partial charge in [-0.25, -0.2) is 0 Å². The lowest BCUT2D eigenvalue weighted by Gasteiger charge is -2.24. The molecule has 0 radical (unpaired) electrons. The van der Waals surface area contributed by atoms with Gasteiger partial charge in [-0.05, 0) is 19.4 Å². The van der Waals surface area contributed by atoms with E-state index >= 15 is 0 Å². The molecule has 1 aliphatic heterocycles. The van der Waals surface area contributed by atoms with Crippen molar-refractivity contribution in [1.29, 1.82) is 0 Å². The van der Waals surface area contributed by atoms with Crippen LogP contribution in [0.3, 0.4) is 0 Å². The molecule has 2 rings (SSSR count). The van der Waals surface area contributed by atoms with E-state index in [1.165, 1.54) is 0 Å². The molecule has 0 saturated heterocycles.